The normalized spacial score (nSPS) is 13.4. The molecule has 0 saturated carbocycles. The highest BCUT2D eigenvalue weighted by molar-refractivity contribution is 9.10. The fourth-order valence-electron chi connectivity index (χ4n) is 1.54. The van der Waals surface area contributed by atoms with Crippen molar-refractivity contribution < 1.29 is 13.2 Å². The number of hydrogen-bond acceptors (Lipinski definition) is 2. The van der Waals surface area contributed by atoms with Crippen molar-refractivity contribution in [2.75, 3.05) is 23.9 Å². The molecule has 6 heteroatoms. The highest BCUT2D eigenvalue weighted by atomic mass is 79.9. The Bertz CT molecular complexity index is 395. The average Bonchev–Trinajstić information content (AvgIpc) is 2.25. The average molecular weight is 342 g/mol. The summed E-state index contributed by atoms with van der Waals surface area (Å²) < 4.78 is 39.0. The number of rotatable bonds is 5. The monoisotopic (exact) mass is 341 g/mol. The zero-order chi connectivity index (χ0) is 13.8. The van der Waals surface area contributed by atoms with Crippen LogP contribution < -0.4 is 5.32 Å². The molecule has 0 saturated heterocycles. The van der Waals surface area contributed by atoms with Crippen molar-refractivity contribution in [3.05, 3.63) is 28.2 Å². The summed E-state index contributed by atoms with van der Waals surface area (Å²) in [5, 5.41) is 2.88. The van der Waals surface area contributed by atoms with Crippen LogP contribution >= 0.6 is 27.7 Å². The van der Waals surface area contributed by atoms with E-state index in [0.29, 0.717) is 16.9 Å². The van der Waals surface area contributed by atoms with Gasteiger partial charge in [0.05, 0.1) is 5.56 Å². The van der Waals surface area contributed by atoms with Crippen molar-refractivity contribution in [1.82, 2.24) is 0 Å². The Morgan fingerprint density at radius 2 is 2.06 bits per heavy atom. The Hall–Kier alpha value is -0.360. The van der Waals surface area contributed by atoms with Gasteiger partial charge in [0.2, 0.25) is 0 Å². The molecule has 0 aliphatic heterocycles. The number of anilines is 1. The van der Waals surface area contributed by atoms with E-state index in [0.717, 1.165) is 11.8 Å². The van der Waals surface area contributed by atoms with Crippen LogP contribution in [-0.4, -0.2) is 18.6 Å². The molecular formula is C12H15BrF3NS. The van der Waals surface area contributed by atoms with E-state index in [1.165, 1.54) is 12.1 Å². The SMILES string of the molecule is CSCC(C)CNc1cc(Br)ccc1C(F)(F)F. The summed E-state index contributed by atoms with van der Waals surface area (Å²) in [6.07, 6.45) is -2.34. The minimum absolute atomic E-state index is 0.129. The molecule has 0 bridgehead atoms. The van der Waals surface area contributed by atoms with Crippen molar-refractivity contribution in [1.29, 1.82) is 0 Å². The Kier molecular flexibility index (Phi) is 5.85. The van der Waals surface area contributed by atoms with Crippen LogP contribution in [0.2, 0.25) is 0 Å². The summed E-state index contributed by atoms with van der Waals surface area (Å²) in [4.78, 5) is 0. The Balaban J connectivity index is 2.83. The predicted octanol–water partition coefficient (Wildman–Crippen LogP) is 4.88. The number of thioether (sulfide) groups is 1. The second-order valence-electron chi connectivity index (χ2n) is 4.13. The minimum atomic E-state index is -4.33. The van der Waals surface area contributed by atoms with Gasteiger partial charge in [0.1, 0.15) is 0 Å². The third-order valence-electron chi connectivity index (χ3n) is 2.38. The first kappa shape index (κ1) is 15.7. The standard InChI is InChI=1S/C12H15BrF3NS/c1-8(7-18-2)6-17-11-5-9(13)3-4-10(11)12(14,15)16/h3-5,8,17H,6-7H2,1-2H3. The molecule has 1 unspecified atom stereocenters. The summed E-state index contributed by atoms with van der Waals surface area (Å²) in [5.41, 5.74) is -0.494. The Morgan fingerprint density at radius 3 is 2.61 bits per heavy atom. The van der Waals surface area contributed by atoms with E-state index in [1.807, 2.05) is 13.2 Å². The number of benzene rings is 1. The molecule has 1 atom stereocenters. The van der Waals surface area contributed by atoms with Gasteiger partial charge in [0.25, 0.3) is 0 Å². The third-order valence-corrected chi connectivity index (χ3v) is 3.77. The molecule has 0 aliphatic rings. The second-order valence-corrected chi connectivity index (χ2v) is 5.96. The quantitative estimate of drug-likeness (QED) is 0.819. The molecule has 0 radical (unpaired) electrons. The lowest BCUT2D eigenvalue weighted by atomic mass is 10.1. The summed E-state index contributed by atoms with van der Waals surface area (Å²) in [5.74, 6) is 1.24. The maximum atomic E-state index is 12.8. The summed E-state index contributed by atoms with van der Waals surface area (Å²) in [6.45, 7) is 2.54. The first-order valence-electron chi connectivity index (χ1n) is 5.44. The molecule has 0 aliphatic carbocycles. The smallest absolute Gasteiger partial charge is 0.384 e. The molecular weight excluding hydrogens is 327 g/mol. The maximum Gasteiger partial charge on any atom is 0.418 e. The first-order chi connectivity index (χ1) is 8.34. The van der Waals surface area contributed by atoms with Crippen LogP contribution in [0.1, 0.15) is 12.5 Å². The van der Waals surface area contributed by atoms with Crippen LogP contribution in [0.4, 0.5) is 18.9 Å². The van der Waals surface area contributed by atoms with Gasteiger partial charge in [-0.3, -0.25) is 0 Å². The van der Waals surface area contributed by atoms with Crippen LogP contribution in [0.15, 0.2) is 22.7 Å². The Labute approximate surface area is 118 Å². The minimum Gasteiger partial charge on any atom is -0.384 e. The number of nitrogens with one attached hydrogen (secondary N) is 1. The van der Waals surface area contributed by atoms with E-state index in [2.05, 4.69) is 21.2 Å². The maximum absolute atomic E-state index is 12.8. The fraction of sp³-hybridized carbons (Fsp3) is 0.500. The lowest BCUT2D eigenvalue weighted by Gasteiger charge is -2.17. The largest absolute Gasteiger partial charge is 0.418 e. The number of alkyl halides is 3. The molecule has 0 aromatic heterocycles. The van der Waals surface area contributed by atoms with Crippen LogP contribution in [0.3, 0.4) is 0 Å². The third kappa shape index (κ3) is 4.72. The zero-order valence-electron chi connectivity index (χ0n) is 10.1. The van der Waals surface area contributed by atoms with Crippen LogP contribution in [0.25, 0.3) is 0 Å². The highest BCUT2D eigenvalue weighted by Gasteiger charge is 2.33. The predicted molar refractivity (Wildman–Crippen MR) is 75.2 cm³/mol. The molecule has 1 aromatic carbocycles. The molecule has 0 spiro atoms. The lowest BCUT2D eigenvalue weighted by Crippen LogP contribution is -2.16. The van der Waals surface area contributed by atoms with Gasteiger partial charge in [0.15, 0.2) is 0 Å². The van der Waals surface area contributed by atoms with Gasteiger partial charge in [-0.15, -0.1) is 0 Å². The van der Waals surface area contributed by atoms with Crippen LogP contribution in [-0.2, 0) is 6.18 Å². The van der Waals surface area contributed by atoms with Gasteiger partial charge < -0.3 is 5.32 Å². The number of halogens is 4. The van der Waals surface area contributed by atoms with E-state index in [1.54, 1.807) is 11.8 Å². The second kappa shape index (κ2) is 6.70. The molecule has 18 heavy (non-hydrogen) atoms. The van der Waals surface area contributed by atoms with Crippen LogP contribution in [0, 0.1) is 5.92 Å². The molecule has 102 valence electrons. The molecule has 1 rings (SSSR count). The van der Waals surface area contributed by atoms with E-state index >= 15 is 0 Å². The van der Waals surface area contributed by atoms with E-state index in [-0.39, 0.29) is 5.69 Å². The van der Waals surface area contributed by atoms with Crippen LogP contribution in [0.5, 0.6) is 0 Å². The van der Waals surface area contributed by atoms with Crippen molar-refractivity contribution in [3.8, 4) is 0 Å². The highest BCUT2D eigenvalue weighted by Crippen LogP contribution is 2.36. The Morgan fingerprint density at radius 1 is 1.39 bits per heavy atom. The summed E-state index contributed by atoms with van der Waals surface area (Å²) in [7, 11) is 0. The molecule has 1 nitrogen and oxygen atoms in total. The van der Waals surface area contributed by atoms with E-state index < -0.39 is 11.7 Å². The van der Waals surface area contributed by atoms with E-state index in [9.17, 15) is 13.2 Å². The first-order valence-corrected chi connectivity index (χ1v) is 7.63. The van der Waals surface area contributed by atoms with Gasteiger partial charge in [0, 0.05) is 16.7 Å². The summed E-state index contributed by atoms with van der Waals surface area (Å²) >= 11 is 4.88. The molecule has 1 N–H and O–H groups in total. The lowest BCUT2D eigenvalue weighted by molar-refractivity contribution is -0.137. The van der Waals surface area contributed by atoms with Gasteiger partial charge >= 0.3 is 6.18 Å². The molecule has 0 fully saturated rings. The van der Waals surface area contributed by atoms with Crippen molar-refractivity contribution >= 4 is 33.4 Å². The van der Waals surface area contributed by atoms with Gasteiger partial charge in [-0.05, 0) is 36.1 Å². The van der Waals surface area contributed by atoms with Gasteiger partial charge in [-0.2, -0.15) is 24.9 Å². The topological polar surface area (TPSA) is 12.0 Å². The van der Waals surface area contributed by atoms with Crippen molar-refractivity contribution in [2.24, 2.45) is 5.92 Å². The fourth-order valence-corrected chi connectivity index (χ4v) is 2.59. The molecule has 1 aromatic rings. The van der Waals surface area contributed by atoms with Gasteiger partial charge in [-0.1, -0.05) is 22.9 Å². The molecule has 0 heterocycles. The van der Waals surface area contributed by atoms with Crippen molar-refractivity contribution in [3.63, 3.8) is 0 Å². The van der Waals surface area contributed by atoms with Gasteiger partial charge in [-0.25, -0.2) is 0 Å². The van der Waals surface area contributed by atoms with E-state index in [4.69, 9.17) is 0 Å². The van der Waals surface area contributed by atoms with Crippen molar-refractivity contribution in [2.45, 2.75) is 13.1 Å². The molecule has 0 amide bonds. The zero-order valence-corrected chi connectivity index (χ0v) is 12.5. The summed E-state index contributed by atoms with van der Waals surface area (Å²) in [6, 6.07) is 3.96. The number of hydrogen-bond donors (Lipinski definition) is 1.